The molecule has 0 heterocycles. The van der Waals surface area contributed by atoms with Gasteiger partial charge in [0, 0.05) is 12.6 Å². The first-order chi connectivity index (χ1) is 8.37. The van der Waals surface area contributed by atoms with Crippen molar-refractivity contribution in [3.63, 3.8) is 0 Å². The van der Waals surface area contributed by atoms with Gasteiger partial charge in [-0.05, 0) is 30.7 Å². The van der Waals surface area contributed by atoms with Gasteiger partial charge in [-0.3, -0.25) is 0 Å². The zero-order valence-corrected chi connectivity index (χ0v) is 12.1. The van der Waals surface area contributed by atoms with Crippen LogP contribution < -0.4 is 5.32 Å². The molecule has 2 nitrogen and oxygen atoms in total. The van der Waals surface area contributed by atoms with Gasteiger partial charge in [-0.25, -0.2) is 0 Å². The maximum atomic E-state index is 9.94. The van der Waals surface area contributed by atoms with E-state index in [9.17, 15) is 5.11 Å². The van der Waals surface area contributed by atoms with E-state index in [1.54, 1.807) is 0 Å². The Hall–Kier alpha value is -0.860. The molecule has 1 rings (SSSR count). The summed E-state index contributed by atoms with van der Waals surface area (Å²) in [7, 11) is 0. The van der Waals surface area contributed by atoms with Crippen molar-refractivity contribution in [2.24, 2.45) is 5.41 Å². The fourth-order valence-electron chi connectivity index (χ4n) is 2.16. The van der Waals surface area contributed by atoms with Gasteiger partial charge in [0.15, 0.2) is 0 Å². The largest absolute Gasteiger partial charge is 0.392 e. The van der Waals surface area contributed by atoms with Crippen molar-refractivity contribution >= 4 is 0 Å². The summed E-state index contributed by atoms with van der Waals surface area (Å²) in [5.41, 5.74) is 1.52. The van der Waals surface area contributed by atoms with Crippen molar-refractivity contribution in [1.29, 1.82) is 0 Å². The third-order valence-electron chi connectivity index (χ3n) is 2.93. The van der Waals surface area contributed by atoms with Gasteiger partial charge in [0.25, 0.3) is 0 Å². The van der Waals surface area contributed by atoms with Crippen LogP contribution in [0.1, 0.15) is 39.7 Å². The smallest absolute Gasteiger partial charge is 0.0669 e. The quantitative estimate of drug-likeness (QED) is 0.812. The summed E-state index contributed by atoms with van der Waals surface area (Å²) in [5.74, 6) is 0. The fourth-order valence-corrected chi connectivity index (χ4v) is 2.16. The van der Waals surface area contributed by atoms with E-state index in [-0.39, 0.29) is 11.5 Å². The molecular formula is C16H27NO. The second-order valence-corrected chi connectivity index (χ2v) is 6.42. The lowest BCUT2D eigenvalue weighted by molar-refractivity contribution is 0.117. The van der Waals surface area contributed by atoms with Gasteiger partial charge in [-0.15, -0.1) is 0 Å². The SMILES string of the molecule is CC(Cc1ccccc1)NCC(O)CC(C)(C)C. The number of aliphatic hydroxyl groups excluding tert-OH is 1. The highest BCUT2D eigenvalue weighted by molar-refractivity contribution is 5.15. The molecule has 0 spiro atoms. The molecular weight excluding hydrogens is 222 g/mol. The zero-order chi connectivity index (χ0) is 13.6. The van der Waals surface area contributed by atoms with Gasteiger partial charge >= 0.3 is 0 Å². The molecule has 2 heteroatoms. The zero-order valence-electron chi connectivity index (χ0n) is 12.1. The Kier molecular flexibility index (Phi) is 5.83. The molecule has 1 aromatic rings. The van der Waals surface area contributed by atoms with Crippen molar-refractivity contribution in [3.05, 3.63) is 35.9 Å². The molecule has 102 valence electrons. The molecule has 0 radical (unpaired) electrons. The van der Waals surface area contributed by atoms with E-state index in [1.165, 1.54) is 5.56 Å². The summed E-state index contributed by atoms with van der Waals surface area (Å²) in [6.07, 6.45) is 1.57. The molecule has 1 aromatic carbocycles. The first-order valence-corrected chi connectivity index (χ1v) is 6.82. The topological polar surface area (TPSA) is 32.3 Å². The van der Waals surface area contributed by atoms with Crippen LogP contribution in [0.4, 0.5) is 0 Å². The average Bonchev–Trinajstić information content (AvgIpc) is 2.25. The van der Waals surface area contributed by atoms with Gasteiger partial charge < -0.3 is 10.4 Å². The number of rotatable bonds is 6. The van der Waals surface area contributed by atoms with Crippen molar-refractivity contribution in [1.82, 2.24) is 5.32 Å². The highest BCUT2D eigenvalue weighted by atomic mass is 16.3. The lowest BCUT2D eigenvalue weighted by atomic mass is 9.89. The van der Waals surface area contributed by atoms with Gasteiger partial charge in [0.1, 0.15) is 0 Å². The number of nitrogens with one attached hydrogen (secondary N) is 1. The van der Waals surface area contributed by atoms with Crippen LogP contribution in [0.15, 0.2) is 30.3 Å². The first-order valence-electron chi connectivity index (χ1n) is 6.82. The lowest BCUT2D eigenvalue weighted by Gasteiger charge is -2.24. The molecule has 0 fully saturated rings. The Morgan fingerprint density at radius 1 is 1.17 bits per heavy atom. The highest BCUT2D eigenvalue weighted by Crippen LogP contribution is 2.20. The third-order valence-corrected chi connectivity index (χ3v) is 2.93. The molecule has 0 aromatic heterocycles. The normalized spacial score (nSPS) is 15.4. The van der Waals surface area contributed by atoms with E-state index in [2.05, 4.69) is 57.3 Å². The van der Waals surface area contributed by atoms with Crippen LogP contribution in [0.5, 0.6) is 0 Å². The molecule has 18 heavy (non-hydrogen) atoms. The Bertz CT molecular complexity index is 329. The molecule has 2 N–H and O–H groups in total. The molecule has 2 atom stereocenters. The van der Waals surface area contributed by atoms with Crippen LogP contribution >= 0.6 is 0 Å². The second-order valence-electron chi connectivity index (χ2n) is 6.42. The molecule has 2 unspecified atom stereocenters. The van der Waals surface area contributed by atoms with Crippen molar-refractivity contribution in [2.45, 2.75) is 52.7 Å². The maximum Gasteiger partial charge on any atom is 0.0669 e. The van der Waals surface area contributed by atoms with E-state index < -0.39 is 0 Å². The minimum absolute atomic E-state index is 0.184. The molecule has 0 aliphatic rings. The standard InChI is InChI=1S/C16H27NO/c1-13(10-14-8-6-5-7-9-14)17-12-15(18)11-16(2,3)4/h5-9,13,15,17-18H,10-12H2,1-4H3. The van der Waals surface area contributed by atoms with E-state index in [0.717, 1.165) is 12.8 Å². The Morgan fingerprint density at radius 3 is 2.33 bits per heavy atom. The minimum Gasteiger partial charge on any atom is -0.392 e. The van der Waals surface area contributed by atoms with Gasteiger partial charge in [0.05, 0.1) is 6.10 Å². The van der Waals surface area contributed by atoms with E-state index >= 15 is 0 Å². The summed E-state index contributed by atoms with van der Waals surface area (Å²) in [5, 5.41) is 13.3. The Labute approximate surface area is 111 Å². The van der Waals surface area contributed by atoms with E-state index in [0.29, 0.717) is 12.6 Å². The average molecular weight is 249 g/mol. The minimum atomic E-state index is -0.261. The Morgan fingerprint density at radius 2 is 1.78 bits per heavy atom. The maximum absolute atomic E-state index is 9.94. The van der Waals surface area contributed by atoms with Crippen LogP contribution in [0.25, 0.3) is 0 Å². The Balaban J connectivity index is 2.27. The summed E-state index contributed by atoms with van der Waals surface area (Å²) in [6, 6.07) is 10.8. The van der Waals surface area contributed by atoms with Crippen LogP contribution in [0, 0.1) is 5.41 Å². The van der Waals surface area contributed by atoms with E-state index in [4.69, 9.17) is 0 Å². The van der Waals surface area contributed by atoms with Gasteiger partial charge in [-0.1, -0.05) is 51.1 Å². The van der Waals surface area contributed by atoms with Crippen LogP contribution in [0.3, 0.4) is 0 Å². The van der Waals surface area contributed by atoms with Gasteiger partial charge in [-0.2, -0.15) is 0 Å². The molecule has 0 saturated heterocycles. The number of benzene rings is 1. The summed E-state index contributed by atoms with van der Waals surface area (Å²) in [4.78, 5) is 0. The van der Waals surface area contributed by atoms with Crippen LogP contribution in [-0.2, 0) is 6.42 Å². The van der Waals surface area contributed by atoms with Crippen LogP contribution in [0.2, 0.25) is 0 Å². The number of aliphatic hydroxyl groups is 1. The molecule has 0 saturated carbocycles. The predicted octanol–water partition coefficient (Wildman–Crippen LogP) is 3.00. The fraction of sp³-hybridized carbons (Fsp3) is 0.625. The lowest BCUT2D eigenvalue weighted by Crippen LogP contribution is -2.36. The van der Waals surface area contributed by atoms with Crippen molar-refractivity contribution in [2.75, 3.05) is 6.54 Å². The molecule has 0 amide bonds. The highest BCUT2D eigenvalue weighted by Gasteiger charge is 2.16. The van der Waals surface area contributed by atoms with Gasteiger partial charge in [0.2, 0.25) is 0 Å². The second kappa shape index (κ2) is 6.91. The molecule has 0 aliphatic heterocycles. The summed E-state index contributed by atoms with van der Waals surface area (Å²) < 4.78 is 0. The molecule has 0 aliphatic carbocycles. The first kappa shape index (κ1) is 15.2. The van der Waals surface area contributed by atoms with Crippen LogP contribution in [-0.4, -0.2) is 23.8 Å². The predicted molar refractivity (Wildman–Crippen MR) is 77.7 cm³/mol. The summed E-state index contributed by atoms with van der Waals surface area (Å²) >= 11 is 0. The van der Waals surface area contributed by atoms with E-state index in [1.807, 2.05) is 6.07 Å². The monoisotopic (exact) mass is 249 g/mol. The number of hydrogen-bond donors (Lipinski definition) is 2. The third kappa shape index (κ3) is 6.77. The van der Waals surface area contributed by atoms with Crippen molar-refractivity contribution in [3.8, 4) is 0 Å². The molecule has 0 bridgehead atoms. The summed E-state index contributed by atoms with van der Waals surface area (Å²) in [6.45, 7) is 9.30. The van der Waals surface area contributed by atoms with Crippen molar-refractivity contribution < 1.29 is 5.11 Å². The number of hydrogen-bond acceptors (Lipinski definition) is 2.